The van der Waals surface area contributed by atoms with Crippen molar-refractivity contribution in [3.05, 3.63) is 64.7 Å². The number of para-hydroxylation sites is 1. The quantitative estimate of drug-likeness (QED) is 0.508. The number of hydrogen-bond donors (Lipinski definition) is 1. The van der Waals surface area contributed by atoms with Crippen molar-refractivity contribution >= 4 is 28.5 Å². The second kappa shape index (κ2) is 8.49. The molecule has 0 atom stereocenters. The van der Waals surface area contributed by atoms with Crippen molar-refractivity contribution in [1.82, 2.24) is 10.4 Å². The van der Waals surface area contributed by atoms with Crippen molar-refractivity contribution in [2.45, 2.75) is 39.5 Å². The lowest BCUT2D eigenvalue weighted by molar-refractivity contribution is 0.0465. The van der Waals surface area contributed by atoms with Crippen LogP contribution in [0.15, 0.2) is 45.9 Å². The number of carbonyl (C=O) groups is 2. The summed E-state index contributed by atoms with van der Waals surface area (Å²) in [6, 6.07) is 11.1. The Balaban J connectivity index is 1.57. The summed E-state index contributed by atoms with van der Waals surface area (Å²) >= 11 is 0. The Hall–Kier alpha value is -3.48. The lowest BCUT2D eigenvalue weighted by atomic mass is 9.93. The van der Waals surface area contributed by atoms with E-state index in [1.54, 1.807) is 6.07 Å². The Bertz CT molecular complexity index is 1150. The summed E-state index contributed by atoms with van der Waals surface area (Å²) in [4.78, 5) is 29.3. The Morgan fingerprint density at radius 3 is 2.87 bits per heavy atom. The van der Waals surface area contributed by atoms with Gasteiger partial charge in [0, 0.05) is 22.9 Å². The first-order valence-electron chi connectivity index (χ1n) is 10.1. The minimum Gasteiger partial charge on any atom is -0.460 e. The van der Waals surface area contributed by atoms with Gasteiger partial charge in [0.05, 0.1) is 17.8 Å². The summed E-state index contributed by atoms with van der Waals surface area (Å²) in [5.41, 5.74) is 5.83. The second-order valence-electron chi connectivity index (χ2n) is 7.23. The molecule has 0 aliphatic heterocycles. The first-order chi connectivity index (χ1) is 14.6. The fourth-order valence-electron chi connectivity index (χ4n) is 3.60. The number of amides is 1. The number of hydrazone groups is 1. The number of aryl methyl sites for hydroxylation is 1. The lowest BCUT2D eigenvalue weighted by Gasteiger charge is -2.13. The second-order valence-corrected chi connectivity index (χ2v) is 7.23. The molecule has 30 heavy (non-hydrogen) atoms. The van der Waals surface area contributed by atoms with E-state index in [9.17, 15) is 9.59 Å². The van der Waals surface area contributed by atoms with Crippen LogP contribution in [0.25, 0.3) is 10.9 Å². The van der Waals surface area contributed by atoms with Crippen LogP contribution in [0.3, 0.4) is 0 Å². The van der Waals surface area contributed by atoms with Gasteiger partial charge in [0.15, 0.2) is 0 Å². The van der Waals surface area contributed by atoms with Gasteiger partial charge >= 0.3 is 5.97 Å². The molecule has 0 spiro atoms. The number of ether oxygens (including phenoxy) is 1. The van der Waals surface area contributed by atoms with Crippen LogP contribution in [0.2, 0.25) is 0 Å². The van der Waals surface area contributed by atoms with Gasteiger partial charge in [-0.25, -0.2) is 15.2 Å². The van der Waals surface area contributed by atoms with Crippen LogP contribution >= 0.6 is 0 Å². The number of fused-ring (bicyclic) bond motifs is 2. The third-order valence-corrected chi connectivity index (χ3v) is 5.07. The van der Waals surface area contributed by atoms with E-state index in [-0.39, 0.29) is 11.7 Å². The zero-order chi connectivity index (χ0) is 21.1. The summed E-state index contributed by atoms with van der Waals surface area (Å²) in [6.45, 7) is 4.10. The van der Waals surface area contributed by atoms with E-state index in [0.29, 0.717) is 35.8 Å². The Morgan fingerprint density at radius 1 is 1.20 bits per heavy atom. The van der Waals surface area contributed by atoms with E-state index in [2.05, 4.69) is 15.5 Å². The largest absolute Gasteiger partial charge is 0.460 e. The molecule has 1 aliphatic carbocycles. The van der Waals surface area contributed by atoms with Gasteiger partial charge < -0.3 is 9.15 Å². The zero-order valence-corrected chi connectivity index (χ0v) is 17.0. The van der Waals surface area contributed by atoms with E-state index >= 15 is 0 Å². The van der Waals surface area contributed by atoms with Crippen LogP contribution in [0, 0.1) is 6.92 Å². The van der Waals surface area contributed by atoms with Gasteiger partial charge in [-0.1, -0.05) is 31.2 Å². The SMILES string of the molecule is CCCOC(=O)c1oc2c(c1C)/C(=N/NC(=O)c1ccc3ccccc3n1)CCC2. The monoisotopic (exact) mass is 405 g/mol. The first-order valence-corrected chi connectivity index (χ1v) is 10.1. The fraction of sp³-hybridized carbons (Fsp3) is 0.304. The maximum absolute atomic E-state index is 12.6. The maximum atomic E-state index is 12.6. The van der Waals surface area contributed by atoms with Crippen molar-refractivity contribution in [1.29, 1.82) is 0 Å². The Labute approximate surface area is 174 Å². The van der Waals surface area contributed by atoms with E-state index in [0.717, 1.165) is 35.7 Å². The van der Waals surface area contributed by atoms with Crippen molar-refractivity contribution in [2.75, 3.05) is 6.61 Å². The van der Waals surface area contributed by atoms with Crippen molar-refractivity contribution in [3.63, 3.8) is 0 Å². The smallest absolute Gasteiger partial charge is 0.374 e. The molecule has 1 aromatic carbocycles. The van der Waals surface area contributed by atoms with Crippen molar-refractivity contribution in [3.8, 4) is 0 Å². The van der Waals surface area contributed by atoms with Crippen LogP contribution in [0.5, 0.6) is 0 Å². The molecule has 0 saturated heterocycles. The normalized spacial score (nSPS) is 14.5. The van der Waals surface area contributed by atoms with Gasteiger partial charge in [0.25, 0.3) is 5.91 Å². The van der Waals surface area contributed by atoms with E-state index in [4.69, 9.17) is 9.15 Å². The molecule has 1 N–H and O–H groups in total. The van der Waals surface area contributed by atoms with Gasteiger partial charge in [-0.15, -0.1) is 0 Å². The van der Waals surface area contributed by atoms with Crippen LogP contribution in [0.1, 0.15) is 64.1 Å². The molecule has 1 amide bonds. The summed E-state index contributed by atoms with van der Waals surface area (Å²) < 4.78 is 11.0. The first kappa shape index (κ1) is 19.8. The van der Waals surface area contributed by atoms with Crippen LogP contribution in [0.4, 0.5) is 0 Å². The summed E-state index contributed by atoms with van der Waals surface area (Å²) in [5, 5.41) is 5.31. The van der Waals surface area contributed by atoms with Crippen LogP contribution in [-0.4, -0.2) is 29.2 Å². The number of benzene rings is 1. The van der Waals surface area contributed by atoms with E-state index in [1.165, 1.54) is 0 Å². The van der Waals surface area contributed by atoms with E-state index in [1.807, 2.05) is 44.2 Å². The summed E-state index contributed by atoms with van der Waals surface area (Å²) in [6.07, 6.45) is 2.97. The molecular formula is C23H23N3O4. The average molecular weight is 405 g/mol. The molecular weight excluding hydrogens is 382 g/mol. The molecule has 2 heterocycles. The number of furan rings is 1. The standard InChI is InChI=1S/C23H23N3O4/c1-3-13-29-23(28)21-14(2)20-17(9-6-10-19(20)30-21)25-26-22(27)18-12-11-15-7-4-5-8-16(15)24-18/h4-5,7-8,11-12H,3,6,9-10,13H2,1-2H3,(H,26,27)/b25-17+. The highest BCUT2D eigenvalue weighted by Crippen LogP contribution is 2.30. The fourth-order valence-corrected chi connectivity index (χ4v) is 3.60. The molecule has 0 saturated carbocycles. The zero-order valence-electron chi connectivity index (χ0n) is 17.0. The van der Waals surface area contributed by atoms with Crippen LogP contribution in [-0.2, 0) is 11.2 Å². The number of carbonyl (C=O) groups excluding carboxylic acids is 2. The number of nitrogens with one attached hydrogen (secondary N) is 1. The number of aromatic nitrogens is 1. The number of pyridine rings is 1. The van der Waals surface area contributed by atoms with E-state index < -0.39 is 5.97 Å². The van der Waals surface area contributed by atoms with Gasteiger partial charge in [-0.3, -0.25) is 4.79 Å². The molecule has 0 bridgehead atoms. The third kappa shape index (κ3) is 3.83. The average Bonchev–Trinajstić information content (AvgIpc) is 3.12. The molecule has 2 aromatic heterocycles. The van der Waals surface area contributed by atoms with Crippen LogP contribution < -0.4 is 5.43 Å². The minimum atomic E-state index is -0.465. The molecule has 0 unspecified atom stereocenters. The highest BCUT2D eigenvalue weighted by molar-refractivity contribution is 6.06. The number of rotatable bonds is 5. The predicted molar refractivity (Wildman–Crippen MR) is 113 cm³/mol. The number of nitrogens with zero attached hydrogens (tertiary/aromatic N) is 2. The summed E-state index contributed by atoms with van der Waals surface area (Å²) in [5.74, 6) is 0.0706. The summed E-state index contributed by atoms with van der Waals surface area (Å²) in [7, 11) is 0. The van der Waals surface area contributed by atoms with Crippen molar-refractivity contribution < 1.29 is 18.7 Å². The lowest BCUT2D eigenvalue weighted by Crippen LogP contribution is -2.23. The van der Waals surface area contributed by atoms with Gasteiger partial charge in [0.1, 0.15) is 11.5 Å². The topological polar surface area (TPSA) is 93.8 Å². The highest BCUT2D eigenvalue weighted by atomic mass is 16.5. The molecule has 0 radical (unpaired) electrons. The molecule has 3 aromatic rings. The molecule has 0 fully saturated rings. The third-order valence-electron chi connectivity index (χ3n) is 5.07. The molecule has 1 aliphatic rings. The maximum Gasteiger partial charge on any atom is 0.374 e. The molecule has 7 heteroatoms. The predicted octanol–water partition coefficient (Wildman–Crippen LogP) is 4.17. The number of esters is 1. The minimum absolute atomic E-state index is 0.213. The van der Waals surface area contributed by atoms with Crippen molar-refractivity contribution in [2.24, 2.45) is 5.10 Å². The Kier molecular flexibility index (Phi) is 5.61. The highest BCUT2D eigenvalue weighted by Gasteiger charge is 2.28. The molecule has 154 valence electrons. The molecule has 7 nitrogen and oxygen atoms in total. The van der Waals surface area contributed by atoms with Gasteiger partial charge in [0.2, 0.25) is 5.76 Å². The van der Waals surface area contributed by atoms with Gasteiger partial charge in [-0.05, 0) is 38.3 Å². The molecule has 4 rings (SSSR count). The number of hydrogen-bond acceptors (Lipinski definition) is 6. The van der Waals surface area contributed by atoms with Gasteiger partial charge in [-0.2, -0.15) is 5.10 Å². The Morgan fingerprint density at radius 2 is 2.03 bits per heavy atom.